The molecule has 1 atom stereocenters. The molecule has 0 radical (unpaired) electrons. The van der Waals surface area contributed by atoms with Gasteiger partial charge in [-0.25, -0.2) is 4.98 Å². The molecule has 2 N–H and O–H groups in total. The molecule has 1 unspecified atom stereocenters. The van der Waals surface area contributed by atoms with E-state index in [4.69, 9.17) is 5.11 Å². The van der Waals surface area contributed by atoms with Gasteiger partial charge < -0.3 is 15.1 Å². The monoisotopic (exact) mass is 250 g/mol. The molecule has 18 heavy (non-hydrogen) atoms. The first-order chi connectivity index (χ1) is 8.44. The Morgan fingerprint density at radius 1 is 1.44 bits per heavy atom. The van der Waals surface area contributed by atoms with Crippen molar-refractivity contribution in [3.63, 3.8) is 0 Å². The summed E-state index contributed by atoms with van der Waals surface area (Å²) >= 11 is 0. The molecule has 1 saturated heterocycles. The topological polar surface area (TPSA) is 56.6 Å². The van der Waals surface area contributed by atoms with Gasteiger partial charge in [-0.3, -0.25) is 0 Å². The van der Waals surface area contributed by atoms with Gasteiger partial charge in [-0.05, 0) is 25.0 Å². The van der Waals surface area contributed by atoms with Crippen LogP contribution in [0.2, 0.25) is 0 Å². The summed E-state index contributed by atoms with van der Waals surface area (Å²) in [5.41, 5.74) is 1.64. The van der Waals surface area contributed by atoms with E-state index in [2.05, 4.69) is 23.7 Å². The summed E-state index contributed by atoms with van der Waals surface area (Å²) in [5, 5.41) is 19.1. The molecule has 1 aliphatic rings. The van der Waals surface area contributed by atoms with Crippen molar-refractivity contribution in [2.45, 2.75) is 39.9 Å². The molecule has 2 heterocycles. The molecule has 1 aliphatic heterocycles. The number of aryl methyl sites for hydroxylation is 1. The molecular formula is C14H22N2O2. The second kappa shape index (κ2) is 4.86. The van der Waals surface area contributed by atoms with Crippen LogP contribution in [0, 0.1) is 12.3 Å². The van der Waals surface area contributed by atoms with Gasteiger partial charge in [0.2, 0.25) is 0 Å². The summed E-state index contributed by atoms with van der Waals surface area (Å²) in [6.45, 7) is 7.74. The number of aliphatic hydroxyl groups is 2. The van der Waals surface area contributed by atoms with Crippen molar-refractivity contribution in [2.75, 3.05) is 18.0 Å². The molecule has 1 aromatic rings. The molecule has 1 fully saturated rings. The van der Waals surface area contributed by atoms with Crippen LogP contribution in [0.1, 0.15) is 31.5 Å². The third-order valence-corrected chi connectivity index (χ3v) is 3.85. The van der Waals surface area contributed by atoms with Crippen molar-refractivity contribution in [2.24, 2.45) is 5.41 Å². The number of hydrogen-bond donors (Lipinski definition) is 2. The lowest BCUT2D eigenvalue weighted by molar-refractivity contribution is 0.0334. The summed E-state index contributed by atoms with van der Waals surface area (Å²) in [6, 6.07) is 3.88. The molecule has 0 spiro atoms. The predicted molar refractivity (Wildman–Crippen MR) is 71.5 cm³/mol. The van der Waals surface area contributed by atoms with Gasteiger partial charge in [0.15, 0.2) is 0 Å². The van der Waals surface area contributed by atoms with Crippen LogP contribution in [0.15, 0.2) is 12.1 Å². The summed E-state index contributed by atoms with van der Waals surface area (Å²) < 4.78 is 0. The van der Waals surface area contributed by atoms with Crippen LogP contribution >= 0.6 is 0 Å². The Morgan fingerprint density at radius 2 is 2.17 bits per heavy atom. The molecule has 1 aromatic heterocycles. The molecule has 0 amide bonds. The summed E-state index contributed by atoms with van der Waals surface area (Å²) in [7, 11) is 0. The first-order valence-electron chi connectivity index (χ1n) is 6.44. The molecular weight excluding hydrogens is 228 g/mol. The highest BCUT2D eigenvalue weighted by Crippen LogP contribution is 2.31. The van der Waals surface area contributed by atoms with E-state index < -0.39 is 0 Å². The molecule has 0 saturated carbocycles. The second-order valence-electron chi connectivity index (χ2n) is 5.79. The number of aromatic nitrogens is 1. The average molecular weight is 250 g/mol. The lowest BCUT2D eigenvalue weighted by atomic mass is 9.81. The Kier molecular flexibility index (Phi) is 3.59. The minimum absolute atomic E-state index is 0.0311. The minimum Gasteiger partial charge on any atom is -0.392 e. The molecule has 4 heteroatoms. The van der Waals surface area contributed by atoms with E-state index in [0.29, 0.717) is 0 Å². The van der Waals surface area contributed by atoms with E-state index in [1.165, 1.54) is 0 Å². The van der Waals surface area contributed by atoms with Gasteiger partial charge in [-0.1, -0.05) is 19.9 Å². The van der Waals surface area contributed by atoms with Gasteiger partial charge in [0.1, 0.15) is 5.82 Å². The third kappa shape index (κ3) is 2.49. The zero-order valence-electron chi connectivity index (χ0n) is 11.3. The number of pyridine rings is 1. The largest absolute Gasteiger partial charge is 0.392 e. The second-order valence-corrected chi connectivity index (χ2v) is 5.79. The lowest BCUT2D eigenvalue weighted by Gasteiger charge is -2.42. The summed E-state index contributed by atoms with van der Waals surface area (Å²) in [5.74, 6) is 0.935. The quantitative estimate of drug-likeness (QED) is 0.835. The molecule has 0 aromatic carbocycles. The van der Waals surface area contributed by atoms with Crippen LogP contribution in [0.4, 0.5) is 5.82 Å². The molecule has 4 nitrogen and oxygen atoms in total. The van der Waals surface area contributed by atoms with E-state index in [1.54, 1.807) is 0 Å². The first kappa shape index (κ1) is 13.3. The summed E-state index contributed by atoms with van der Waals surface area (Å²) in [6.07, 6.45) is 0.529. The summed E-state index contributed by atoms with van der Waals surface area (Å²) in [4.78, 5) is 6.75. The lowest BCUT2D eigenvalue weighted by Crippen LogP contribution is -2.49. The molecule has 0 aliphatic carbocycles. The van der Waals surface area contributed by atoms with Crippen molar-refractivity contribution in [3.8, 4) is 0 Å². The van der Waals surface area contributed by atoms with Crippen LogP contribution in [-0.2, 0) is 6.61 Å². The van der Waals surface area contributed by atoms with Gasteiger partial charge in [0.05, 0.1) is 12.7 Å². The Labute approximate surface area is 108 Å². The van der Waals surface area contributed by atoms with E-state index in [-0.39, 0.29) is 18.1 Å². The number of nitrogens with zero attached hydrogens (tertiary/aromatic N) is 2. The number of piperidine rings is 1. The number of hydrogen-bond acceptors (Lipinski definition) is 4. The normalized spacial score (nSPS) is 23.2. The van der Waals surface area contributed by atoms with Crippen LogP contribution in [0.3, 0.4) is 0 Å². The van der Waals surface area contributed by atoms with Gasteiger partial charge in [-0.2, -0.15) is 0 Å². The zero-order valence-corrected chi connectivity index (χ0v) is 11.3. The molecule has 100 valence electrons. The Balaban J connectivity index is 2.20. The maximum Gasteiger partial charge on any atom is 0.128 e. The average Bonchev–Trinajstić information content (AvgIpc) is 2.32. The van der Waals surface area contributed by atoms with E-state index in [1.807, 2.05) is 19.1 Å². The van der Waals surface area contributed by atoms with E-state index in [9.17, 15) is 5.11 Å². The van der Waals surface area contributed by atoms with Crippen LogP contribution in [-0.4, -0.2) is 34.4 Å². The van der Waals surface area contributed by atoms with Crippen molar-refractivity contribution in [1.29, 1.82) is 0 Å². The molecule has 2 rings (SSSR count). The van der Waals surface area contributed by atoms with Crippen molar-refractivity contribution in [1.82, 2.24) is 4.98 Å². The van der Waals surface area contributed by atoms with Crippen molar-refractivity contribution < 1.29 is 10.2 Å². The minimum atomic E-state index is -0.244. The Morgan fingerprint density at radius 3 is 2.72 bits per heavy atom. The first-order valence-corrected chi connectivity index (χ1v) is 6.44. The van der Waals surface area contributed by atoms with Crippen LogP contribution < -0.4 is 4.90 Å². The third-order valence-electron chi connectivity index (χ3n) is 3.85. The van der Waals surface area contributed by atoms with Crippen LogP contribution in [0.5, 0.6) is 0 Å². The number of rotatable bonds is 2. The highest BCUT2D eigenvalue weighted by atomic mass is 16.3. The fraction of sp³-hybridized carbons (Fsp3) is 0.643. The van der Waals surface area contributed by atoms with Crippen molar-refractivity contribution in [3.05, 3.63) is 23.4 Å². The van der Waals surface area contributed by atoms with E-state index >= 15 is 0 Å². The van der Waals surface area contributed by atoms with Crippen molar-refractivity contribution >= 4 is 5.82 Å². The van der Waals surface area contributed by atoms with Gasteiger partial charge >= 0.3 is 0 Å². The van der Waals surface area contributed by atoms with Crippen LogP contribution in [0.25, 0.3) is 0 Å². The van der Waals surface area contributed by atoms with Gasteiger partial charge in [0, 0.05) is 24.2 Å². The van der Waals surface area contributed by atoms with Gasteiger partial charge in [0.25, 0.3) is 0 Å². The Hall–Kier alpha value is -1.13. The fourth-order valence-electron chi connectivity index (χ4n) is 2.46. The highest BCUT2D eigenvalue weighted by Gasteiger charge is 2.35. The van der Waals surface area contributed by atoms with Gasteiger partial charge in [-0.15, -0.1) is 0 Å². The number of aliphatic hydroxyl groups excluding tert-OH is 2. The molecule has 0 bridgehead atoms. The zero-order chi connectivity index (χ0) is 13.3. The Bertz CT molecular complexity index is 432. The maximum absolute atomic E-state index is 9.96. The number of anilines is 1. The standard InChI is InChI=1S/C14H22N2O2/c1-10-11(8-17)4-5-13(15-10)16-7-6-12(18)14(2,3)9-16/h4-5,12,17-18H,6-9H2,1-3H3. The van der Waals surface area contributed by atoms with E-state index in [0.717, 1.165) is 36.6 Å². The SMILES string of the molecule is Cc1nc(N2CCC(O)C(C)(C)C2)ccc1CO. The maximum atomic E-state index is 9.96. The highest BCUT2D eigenvalue weighted by molar-refractivity contribution is 5.42. The smallest absolute Gasteiger partial charge is 0.128 e. The fourth-order valence-corrected chi connectivity index (χ4v) is 2.46. The predicted octanol–water partition coefficient (Wildman–Crippen LogP) is 1.48.